The first kappa shape index (κ1) is 15.9. The molecule has 1 aliphatic rings. The maximum absolute atomic E-state index is 12.3. The Morgan fingerprint density at radius 1 is 1.52 bits per heavy atom. The van der Waals surface area contributed by atoms with Crippen molar-refractivity contribution in [2.45, 2.75) is 43.6 Å². The number of carbonyl (C=O) groups is 3. The minimum Gasteiger partial charge on any atom is -0.480 e. The van der Waals surface area contributed by atoms with Gasteiger partial charge < -0.3 is 5.11 Å². The third-order valence-electron chi connectivity index (χ3n) is 2.93. The third kappa shape index (κ3) is 3.41. The van der Waals surface area contributed by atoms with Crippen molar-refractivity contribution >= 4 is 46.0 Å². The van der Waals surface area contributed by atoms with Gasteiger partial charge in [0.1, 0.15) is 10.3 Å². The third-order valence-corrected chi connectivity index (χ3v) is 5.21. The Morgan fingerprint density at radius 3 is 2.86 bits per heavy atom. The highest BCUT2D eigenvalue weighted by Crippen LogP contribution is 2.33. The molecule has 0 aromatic carbocycles. The zero-order valence-corrected chi connectivity index (χ0v) is 13.2. The van der Waals surface area contributed by atoms with Crippen LogP contribution in [0.15, 0.2) is 0 Å². The molecule has 1 aromatic rings. The number of nitrogens with zero attached hydrogens (tertiary/aromatic N) is 3. The molecule has 2 rings (SSSR count). The number of amides is 2. The molecule has 0 aliphatic carbocycles. The fourth-order valence-corrected chi connectivity index (χ4v) is 3.90. The molecule has 2 atom stereocenters. The van der Waals surface area contributed by atoms with Crippen LogP contribution in [0.4, 0.5) is 5.13 Å². The molecule has 1 N–H and O–H groups in total. The van der Waals surface area contributed by atoms with Crippen LogP contribution in [0.3, 0.4) is 0 Å². The molecule has 0 radical (unpaired) electrons. The highest BCUT2D eigenvalue weighted by Gasteiger charge is 2.42. The molecule has 1 fully saturated rings. The van der Waals surface area contributed by atoms with E-state index in [1.165, 1.54) is 18.3 Å². The van der Waals surface area contributed by atoms with E-state index in [2.05, 4.69) is 10.2 Å². The van der Waals surface area contributed by atoms with Crippen molar-refractivity contribution in [1.29, 1.82) is 0 Å². The van der Waals surface area contributed by atoms with Gasteiger partial charge in [0.05, 0.1) is 5.25 Å². The number of aryl methyl sites for hydroxylation is 1. The van der Waals surface area contributed by atoms with Gasteiger partial charge in [0.2, 0.25) is 16.9 Å². The summed E-state index contributed by atoms with van der Waals surface area (Å²) in [5, 5.41) is 16.4. The Morgan fingerprint density at radius 2 is 2.24 bits per heavy atom. The molecular weight excluding hydrogens is 314 g/mol. The van der Waals surface area contributed by atoms with Gasteiger partial charge in [-0.2, -0.15) is 0 Å². The second kappa shape index (κ2) is 6.52. The minimum atomic E-state index is -1.00. The monoisotopic (exact) mass is 329 g/mol. The van der Waals surface area contributed by atoms with E-state index in [4.69, 9.17) is 5.11 Å². The quantitative estimate of drug-likeness (QED) is 0.786. The Bertz CT molecular complexity index is 575. The van der Waals surface area contributed by atoms with Gasteiger partial charge in [-0.25, -0.2) is 4.90 Å². The highest BCUT2D eigenvalue weighted by molar-refractivity contribution is 8.01. The van der Waals surface area contributed by atoms with Gasteiger partial charge in [0.15, 0.2) is 0 Å². The number of carboxylic acid groups (broad SMARTS) is 1. The lowest BCUT2D eigenvalue weighted by Gasteiger charge is -2.12. The fourth-order valence-electron chi connectivity index (χ4n) is 1.87. The largest absolute Gasteiger partial charge is 0.480 e. The van der Waals surface area contributed by atoms with Gasteiger partial charge in [-0.3, -0.25) is 14.4 Å². The van der Waals surface area contributed by atoms with Crippen molar-refractivity contribution in [3.63, 3.8) is 0 Å². The number of rotatable bonds is 6. The van der Waals surface area contributed by atoms with Gasteiger partial charge in [0.25, 0.3) is 0 Å². The second-order valence-electron chi connectivity index (χ2n) is 4.61. The second-order valence-corrected chi connectivity index (χ2v) is 7.19. The van der Waals surface area contributed by atoms with Crippen molar-refractivity contribution in [3.05, 3.63) is 5.01 Å². The number of thioether (sulfide) groups is 1. The summed E-state index contributed by atoms with van der Waals surface area (Å²) >= 11 is 2.21. The molecule has 1 saturated heterocycles. The van der Waals surface area contributed by atoms with E-state index in [9.17, 15) is 14.4 Å². The predicted octanol–water partition coefficient (Wildman–Crippen LogP) is 1.33. The fraction of sp³-hybridized carbons (Fsp3) is 0.583. The lowest BCUT2D eigenvalue weighted by atomic mass is 10.3. The van der Waals surface area contributed by atoms with Crippen LogP contribution in [0, 0.1) is 0 Å². The molecule has 7 nitrogen and oxygen atoms in total. The van der Waals surface area contributed by atoms with E-state index >= 15 is 0 Å². The number of imide groups is 1. The van der Waals surface area contributed by atoms with E-state index in [1.54, 1.807) is 0 Å². The normalized spacial score (nSPS) is 20.1. The van der Waals surface area contributed by atoms with Crippen LogP contribution in [0.1, 0.15) is 31.7 Å². The zero-order valence-electron chi connectivity index (χ0n) is 11.6. The van der Waals surface area contributed by atoms with Gasteiger partial charge in [-0.05, 0) is 13.3 Å². The average molecular weight is 329 g/mol. The van der Waals surface area contributed by atoms with Crippen molar-refractivity contribution in [2.75, 3.05) is 4.90 Å². The molecule has 0 saturated carbocycles. The number of hydrogen-bond donors (Lipinski definition) is 1. The Balaban J connectivity index is 2.12. The maximum atomic E-state index is 12.3. The standard InChI is InChI=1S/C12H15N3O4S2/c1-3-4-8-13-14-12(21-8)15-9(16)5-7(10(15)17)20-6(2)11(18)19/h6-7H,3-5H2,1-2H3,(H,18,19). The van der Waals surface area contributed by atoms with Crippen LogP contribution in [-0.4, -0.2) is 43.6 Å². The molecule has 2 unspecified atom stereocenters. The van der Waals surface area contributed by atoms with Gasteiger partial charge in [-0.1, -0.05) is 18.3 Å². The SMILES string of the molecule is CCCc1nnc(N2C(=O)CC(SC(C)C(=O)O)C2=O)s1. The maximum Gasteiger partial charge on any atom is 0.316 e. The smallest absolute Gasteiger partial charge is 0.316 e. The number of carbonyl (C=O) groups excluding carboxylic acids is 2. The minimum absolute atomic E-state index is 0.00378. The molecule has 114 valence electrons. The summed E-state index contributed by atoms with van der Waals surface area (Å²) in [6.45, 7) is 3.50. The lowest BCUT2D eigenvalue weighted by Crippen LogP contribution is -2.31. The number of anilines is 1. The molecule has 1 aromatic heterocycles. The van der Waals surface area contributed by atoms with E-state index in [-0.39, 0.29) is 17.5 Å². The summed E-state index contributed by atoms with van der Waals surface area (Å²) in [7, 11) is 0. The molecule has 0 bridgehead atoms. The van der Waals surface area contributed by atoms with Crippen LogP contribution in [-0.2, 0) is 20.8 Å². The van der Waals surface area contributed by atoms with E-state index in [0.717, 1.165) is 34.5 Å². The Kier molecular flexibility index (Phi) is 4.94. The summed E-state index contributed by atoms with van der Waals surface area (Å²) in [5.74, 6) is -1.76. The van der Waals surface area contributed by atoms with Crippen LogP contribution in [0.25, 0.3) is 0 Å². The Labute approximate surface area is 129 Å². The van der Waals surface area contributed by atoms with E-state index in [1.807, 2.05) is 6.92 Å². The summed E-state index contributed by atoms with van der Waals surface area (Å²) in [5.41, 5.74) is 0. The summed E-state index contributed by atoms with van der Waals surface area (Å²) in [6, 6.07) is 0. The molecule has 0 spiro atoms. The summed E-state index contributed by atoms with van der Waals surface area (Å²) in [6.07, 6.45) is 1.66. The summed E-state index contributed by atoms with van der Waals surface area (Å²) in [4.78, 5) is 36.2. The lowest BCUT2D eigenvalue weighted by molar-refractivity contribution is -0.136. The number of aromatic nitrogens is 2. The Hall–Kier alpha value is -1.48. The molecular formula is C12H15N3O4S2. The van der Waals surface area contributed by atoms with Gasteiger partial charge in [0, 0.05) is 12.8 Å². The van der Waals surface area contributed by atoms with Crippen LogP contribution >= 0.6 is 23.1 Å². The van der Waals surface area contributed by atoms with Crippen molar-refractivity contribution < 1.29 is 19.5 Å². The van der Waals surface area contributed by atoms with Crippen molar-refractivity contribution in [1.82, 2.24) is 10.2 Å². The highest BCUT2D eigenvalue weighted by atomic mass is 32.2. The van der Waals surface area contributed by atoms with E-state index < -0.39 is 22.4 Å². The van der Waals surface area contributed by atoms with Crippen LogP contribution in [0.2, 0.25) is 0 Å². The predicted molar refractivity (Wildman–Crippen MR) is 79.5 cm³/mol. The topological polar surface area (TPSA) is 100 Å². The molecule has 2 amide bonds. The number of aliphatic carboxylic acids is 1. The summed E-state index contributed by atoms with van der Waals surface area (Å²) < 4.78 is 0. The molecule has 1 aliphatic heterocycles. The zero-order chi connectivity index (χ0) is 15.6. The first-order valence-corrected chi connectivity index (χ1v) is 8.27. The average Bonchev–Trinajstić information content (AvgIpc) is 2.96. The number of carboxylic acids is 1. The first-order chi connectivity index (χ1) is 9.93. The molecule has 2 heterocycles. The van der Waals surface area contributed by atoms with Crippen LogP contribution < -0.4 is 4.90 Å². The van der Waals surface area contributed by atoms with Crippen molar-refractivity contribution in [2.24, 2.45) is 0 Å². The first-order valence-electron chi connectivity index (χ1n) is 6.51. The molecule has 9 heteroatoms. The van der Waals surface area contributed by atoms with Gasteiger partial charge >= 0.3 is 5.97 Å². The van der Waals surface area contributed by atoms with Crippen LogP contribution in [0.5, 0.6) is 0 Å². The van der Waals surface area contributed by atoms with Crippen molar-refractivity contribution in [3.8, 4) is 0 Å². The molecule has 21 heavy (non-hydrogen) atoms. The van der Waals surface area contributed by atoms with E-state index in [0.29, 0.717) is 0 Å². The van der Waals surface area contributed by atoms with Gasteiger partial charge in [-0.15, -0.1) is 22.0 Å². The number of hydrogen-bond acceptors (Lipinski definition) is 7.